The number of hydrogen-bond acceptors (Lipinski definition) is 6. The van der Waals surface area contributed by atoms with Crippen molar-refractivity contribution in [2.24, 2.45) is 0 Å². The van der Waals surface area contributed by atoms with Gasteiger partial charge in [0.1, 0.15) is 0 Å². The van der Waals surface area contributed by atoms with E-state index < -0.39 is 0 Å². The summed E-state index contributed by atoms with van der Waals surface area (Å²) < 4.78 is 10.3. The van der Waals surface area contributed by atoms with E-state index in [4.69, 9.17) is 9.47 Å². The molecule has 0 aliphatic carbocycles. The number of nitrogens with one attached hydrogen (secondary N) is 1. The average Bonchev–Trinajstić information content (AvgIpc) is 2.74. The summed E-state index contributed by atoms with van der Waals surface area (Å²) in [6, 6.07) is 6.68. The molecule has 0 spiro atoms. The number of ether oxygens (including phenoxy) is 2. The van der Waals surface area contributed by atoms with Gasteiger partial charge in [0, 0.05) is 58.0 Å². The fraction of sp³-hybridized carbons (Fsp3) is 0.600. The molecule has 1 aromatic carbocycles. The molecule has 0 unspecified atom stereocenters. The lowest BCUT2D eigenvalue weighted by atomic mass is 10.2. The van der Waals surface area contributed by atoms with E-state index in [1.54, 1.807) is 31.2 Å². The zero-order valence-corrected chi connectivity index (χ0v) is 16.6. The van der Waals surface area contributed by atoms with E-state index in [0.29, 0.717) is 17.9 Å². The minimum absolute atomic E-state index is 0.100. The zero-order chi connectivity index (χ0) is 19.8. The van der Waals surface area contributed by atoms with Crippen LogP contribution in [0.4, 0.5) is 10.5 Å². The molecule has 0 saturated carbocycles. The molecule has 2 heterocycles. The molecule has 1 aromatic rings. The number of nitrogens with zero attached hydrogens (tertiary/aromatic N) is 3. The van der Waals surface area contributed by atoms with Gasteiger partial charge in [0.05, 0.1) is 25.4 Å². The van der Waals surface area contributed by atoms with E-state index in [0.717, 1.165) is 65.6 Å². The van der Waals surface area contributed by atoms with Crippen LogP contribution in [-0.2, 0) is 9.47 Å². The summed E-state index contributed by atoms with van der Waals surface area (Å²) in [5.41, 5.74) is 1.15. The first-order chi connectivity index (χ1) is 13.7. The molecule has 2 fully saturated rings. The van der Waals surface area contributed by atoms with Crippen LogP contribution in [0.2, 0.25) is 0 Å². The lowest BCUT2D eigenvalue weighted by molar-refractivity contribution is 0.0311. The van der Waals surface area contributed by atoms with Gasteiger partial charge in [-0.05, 0) is 31.2 Å². The number of morpholine rings is 1. The topological polar surface area (TPSA) is 74.4 Å². The van der Waals surface area contributed by atoms with Gasteiger partial charge in [0.15, 0.2) is 0 Å². The third-order valence-corrected chi connectivity index (χ3v) is 5.14. The smallest absolute Gasteiger partial charge is 0.338 e. The van der Waals surface area contributed by atoms with Gasteiger partial charge in [0.2, 0.25) is 0 Å². The molecule has 28 heavy (non-hydrogen) atoms. The molecule has 8 nitrogen and oxygen atoms in total. The summed E-state index contributed by atoms with van der Waals surface area (Å²) in [5, 5.41) is 2.90. The van der Waals surface area contributed by atoms with Crippen LogP contribution < -0.4 is 5.32 Å². The van der Waals surface area contributed by atoms with Crippen LogP contribution in [0, 0.1) is 0 Å². The molecule has 2 aliphatic heterocycles. The van der Waals surface area contributed by atoms with Crippen molar-refractivity contribution in [2.75, 3.05) is 77.5 Å². The number of esters is 1. The third kappa shape index (κ3) is 5.92. The summed E-state index contributed by atoms with van der Waals surface area (Å²) in [5.74, 6) is -0.353. The minimum atomic E-state index is -0.353. The van der Waals surface area contributed by atoms with E-state index in [2.05, 4.69) is 15.1 Å². The molecule has 154 valence electrons. The highest BCUT2D eigenvalue weighted by molar-refractivity contribution is 5.92. The Morgan fingerprint density at radius 3 is 2.18 bits per heavy atom. The molecule has 3 rings (SSSR count). The quantitative estimate of drug-likeness (QED) is 0.739. The highest BCUT2D eigenvalue weighted by Crippen LogP contribution is 2.12. The minimum Gasteiger partial charge on any atom is -0.462 e. The summed E-state index contributed by atoms with van der Waals surface area (Å²) in [7, 11) is 0. The number of hydrogen-bond donors (Lipinski definition) is 1. The number of urea groups is 1. The van der Waals surface area contributed by atoms with Crippen LogP contribution in [0.3, 0.4) is 0 Å². The maximum absolute atomic E-state index is 12.5. The van der Waals surface area contributed by atoms with E-state index >= 15 is 0 Å². The first-order valence-corrected chi connectivity index (χ1v) is 10.0. The molecule has 2 amide bonds. The van der Waals surface area contributed by atoms with Crippen LogP contribution in [-0.4, -0.2) is 98.9 Å². The van der Waals surface area contributed by atoms with Gasteiger partial charge in [-0.3, -0.25) is 9.80 Å². The van der Waals surface area contributed by atoms with Gasteiger partial charge in [0.25, 0.3) is 0 Å². The molecular formula is C20H30N4O4. The van der Waals surface area contributed by atoms with E-state index in [1.807, 2.05) is 4.90 Å². The van der Waals surface area contributed by atoms with Crippen molar-refractivity contribution in [2.45, 2.75) is 6.92 Å². The monoisotopic (exact) mass is 390 g/mol. The number of benzene rings is 1. The first kappa shape index (κ1) is 20.6. The second-order valence-electron chi connectivity index (χ2n) is 7.01. The molecule has 0 aromatic heterocycles. The standard InChI is InChI=1S/C20H30N4O4/c1-2-28-19(25)17-3-5-18(6-4-17)21-20(26)24-11-9-22(10-12-24)7-8-23-13-15-27-16-14-23/h3-6H,2,7-16H2,1H3,(H,21,26). The zero-order valence-electron chi connectivity index (χ0n) is 16.6. The number of carbonyl (C=O) groups excluding carboxylic acids is 2. The molecule has 1 N–H and O–H groups in total. The highest BCUT2D eigenvalue weighted by Gasteiger charge is 2.22. The SMILES string of the molecule is CCOC(=O)c1ccc(NC(=O)N2CCN(CCN3CCOCC3)CC2)cc1. The second-order valence-corrected chi connectivity index (χ2v) is 7.01. The van der Waals surface area contributed by atoms with Crippen molar-refractivity contribution >= 4 is 17.7 Å². The van der Waals surface area contributed by atoms with Gasteiger partial charge in [-0.25, -0.2) is 9.59 Å². The first-order valence-electron chi connectivity index (χ1n) is 10.0. The Balaban J connectivity index is 1.39. The largest absolute Gasteiger partial charge is 0.462 e. The molecule has 8 heteroatoms. The Bertz CT molecular complexity index is 638. The molecule has 2 saturated heterocycles. The predicted octanol–water partition coefficient (Wildman–Crippen LogP) is 1.35. The van der Waals surface area contributed by atoms with Gasteiger partial charge in [-0.15, -0.1) is 0 Å². The van der Waals surface area contributed by atoms with Crippen molar-refractivity contribution in [3.8, 4) is 0 Å². The van der Waals surface area contributed by atoms with Crippen molar-refractivity contribution in [1.29, 1.82) is 0 Å². The van der Waals surface area contributed by atoms with Gasteiger partial charge >= 0.3 is 12.0 Å². The summed E-state index contributed by atoms with van der Waals surface area (Å²) in [6.45, 7) is 11.1. The van der Waals surface area contributed by atoms with Crippen molar-refractivity contribution < 1.29 is 19.1 Å². The van der Waals surface area contributed by atoms with Crippen molar-refractivity contribution in [3.05, 3.63) is 29.8 Å². The molecule has 0 radical (unpaired) electrons. The number of anilines is 1. The fourth-order valence-corrected chi connectivity index (χ4v) is 3.39. The number of rotatable bonds is 6. The van der Waals surface area contributed by atoms with E-state index in [9.17, 15) is 9.59 Å². The van der Waals surface area contributed by atoms with E-state index in [1.165, 1.54) is 0 Å². The highest BCUT2D eigenvalue weighted by atomic mass is 16.5. The van der Waals surface area contributed by atoms with Gasteiger partial charge in [-0.1, -0.05) is 0 Å². The summed E-state index contributed by atoms with van der Waals surface area (Å²) >= 11 is 0. The Kier molecular flexibility index (Phi) is 7.64. The number of amides is 2. The lowest BCUT2D eigenvalue weighted by Crippen LogP contribution is -2.51. The normalized spacial score (nSPS) is 18.7. The van der Waals surface area contributed by atoms with Crippen LogP contribution in [0.25, 0.3) is 0 Å². The van der Waals surface area contributed by atoms with Crippen LogP contribution >= 0.6 is 0 Å². The molecular weight excluding hydrogens is 360 g/mol. The van der Waals surface area contributed by atoms with Crippen molar-refractivity contribution in [3.63, 3.8) is 0 Å². The Morgan fingerprint density at radius 1 is 0.964 bits per heavy atom. The maximum atomic E-state index is 12.5. The summed E-state index contributed by atoms with van der Waals surface area (Å²) in [4.78, 5) is 30.8. The second kappa shape index (κ2) is 10.4. The van der Waals surface area contributed by atoms with Crippen LogP contribution in [0.15, 0.2) is 24.3 Å². The predicted molar refractivity (Wildman–Crippen MR) is 107 cm³/mol. The number of carbonyl (C=O) groups is 2. The van der Waals surface area contributed by atoms with Crippen LogP contribution in [0.5, 0.6) is 0 Å². The molecule has 0 bridgehead atoms. The average molecular weight is 390 g/mol. The van der Waals surface area contributed by atoms with Gasteiger partial charge in [-0.2, -0.15) is 0 Å². The fourth-order valence-electron chi connectivity index (χ4n) is 3.39. The molecule has 2 aliphatic rings. The summed E-state index contributed by atoms with van der Waals surface area (Å²) in [6.07, 6.45) is 0. The van der Waals surface area contributed by atoms with Crippen LogP contribution in [0.1, 0.15) is 17.3 Å². The Hall–Kier alpha value is -2.16. The third-order valence-electron chi connectivity index (χ3n) is 5.14. The lowest BCUT2D eigenvalue weighted by Gasteiger charge is -2.36. The van der Waals surface area contributed by atoms with E-state index in [-0.39, 0.29) is 12.0 Å². The Labute approximate surface area is 166 Å². The Morgan fingerprint density at radius 2 is 1.57 bits per heavy atom. The van der Waals surface area contributed by atoms with Crippen molar-refractivity contribution in [1.82, 2.24) is 14.7 Å². The maximum Gasteiger partial charge on any atom is 0.338 e. The molecule has 0 atom stereocenters. The number of piperazine rings is 1. The van der Waals surface area contributed by atoms with Gasteiger partial charge < -0.3 is 19.7 Å².